The van der Waals surface area contributed by atoms with E-state index in [1.54, 1.807) is 4.90 Å². The average Bonchev–Trinajstić information content (AvgIpc) is 3.09. The Balaban J connectivity index is 1.43. The highest BCUT2D eigenvalue weighted by atomic mass is 16.7. The molecule has 3 rings (SSSR count). The maximum Gasteiger partial charge on any atom is 0.311 e. The standard InChI is InChI=1S/C18H26N4O4/c1-20(2)6-5-19-17(23)18(24)22-9-7-21(8-10-22)12-14-3-4-15-16(11-14)26-13-25-15/h3-4,11H,5-10,12-13H2,1-2H3,(H,19,23). The van der Waals surface area contributed by atoms with Crippen LogP contribution in [0.4, 0.5) is 0 Å². The first kappa shape index (κ1) is 18.5. The Labute approximate surface area is 153 Å². The summed E-state index contributed by atoms with van der Waals surface area (Å²) in [6.45, 7) is 4.85. The minimum absolute atomic E-state index is 0.274. The monoisotopic (exact) mass is 362 g/mol. The van der Waals surface area contributed by atoms with E-state index in [9.17, 15) is 9.59 Å². The zero-order valence-corrected chi connectivity index (χ0v) is 15.4. The van der Waals surface area contributed by atoms with Crippen molar-refractivity contribution < 1.29 is 19.1 Å². The molecule has 0 aliphatic carbocycles. The number of rotatable bonds is 5. The fraction of sp³-hybridized carbons (Fsp3) is 0.556. The van der Waals surface area contributed by atoms with E-state index in [1.807, 2.05) is 37.2 Å². The Hall–Kier alpha value is -2.32. The Bertz CT molecular complexity index is 657. The van der Waals surface area contributed by atoms with E-state index in [4.69, 9.17) is 9.47 Å². The summed E-state index contributed by atoms with van der Waals surface area (Å²) in [5.74, 6) is 0.609. The first-order valence-electron chi connectivity index (χ1n) is 8.85. The maximum atomic E-state index is 12.2. The highest BCUT2D eigenvalue weighted by molar-refractivity contribution is 6.35. The second kappa shape index (κ2) is 8.37. The molecule has 8 nitrogen and oxygen atoms in total. The summed E-state index contributed by atoms with van der Waals surface area (Å²) >= 11 is 0. The molecule has 26 heavy (non-hydrogen) atoms. The van der Waals surface area contributed by atoms with Gasteiger partial charge in [0.1, 0.15) is 0 Å². The van der Waals surface area contributed by atoms with Crippen LogP contribution in [0.1, 0.15) is 5.56 Å². The van der Waals surface area contributed by atoms with Crippen molar-refractivity contribution in [3.63, 3.8) is 0 Å². The molecule has 1 fully saturated rings. The lowest BCUT2D eigenvalue weighted by molar-refractivity contribution is -0.147. The lowest BCUT2D eigenvalue weighted by Gasteiger charge is -2.34. The molecule has 0 atom stereocenters. The van der Waals surface area contributed by atoms with Crippen molar-refractivity contribution in [1.82, 2.24) is 20.0 Å². The summed E-state index contributed by atoms with van der Waals surface area (Å²) in [6, 6.07) is 5.96. The van der Waals surface area contributed by atoms with E-state index in [0.29, 0.717) is 26.2 Å². The minimum Gasteiger partial charge on any atom is -0.454 e. The minimum atomic E-state index is -0.518. The van der Waals surface area contributed by atoms with Crippen LogP contribution in [-0.2, 0) is 16.1 Å². The highest BCUT2D eigenvalue weighted by Crippen LogP contribution is 2.32. The Morgan fingerprint density at radius 3 is 2.58 bits per heavy atom. The van der Waals surface area contributed by atoms with Crippen LogP contribution >= 0.6 is 0 Å². The normalized spacial score (nSPS) is 16.8. The molecule has 8 heteroatoms. The third-order valence-electron chi connectivity index (χ3n) is 4.54. The summed E-state index contributed by atoms with van der Waals surface area (Å²) in [4.78, 5) is 30.0. The first-order valence-corrected chi connectivity index (χ1v) is 8.85. The lowest BCUT2D eigenvalue weighted by Crippen LogP contribution is -2.52. The van der Waals surface area contributed by atoms with E-state index in [1.165, 1.54) is 0 Å². The molecule has 1 saturated heterocycles. The maximum absolute atomic E-state index is 12.2. The molecule has 142 valence electrons. The average molecular weight is 362 g/mol. The van der Waals surface area contributed by atoms with Gasteiger partial charge in [0.25, 0.3) is 0 Å². The van der Waals surface area contributed by atoms with Gasteiger partial charge in [0, 0.05) is 45.8 Å². The van der Waals surface area contributed by atoms with Gasteiger partial charge in [-0.15, -0.1) is 0 Å². The van der Waals surface area contributed by atoms with Crippen LogP contribution in [0, 0.1) is 0 Å². The molecular weight excluding hydrogens is 336 g/mol. The van der Waals surface area contributed by atoms with Crippen molar-refractivity contribution in [2.45, 2.75) is 6.54 Å². The fourth-order valence-corrected chi connectivity index (χ4v) is 3.02. The van der Waals surface area contributed by atoms with Gasteiger partial charge in [-0.2, -0.15) is 0 Å². The number of nitrogens with one attached hydrogen (secondary N) is 1. The number of carbonyl (C=O) groups is 2. The third-order valence-corrected chi connectivity index (χ3v) is 4.54. The number of nitrogens with zero attached hydrogens (tertiary/aromatic N) is 3. The molecule has 2 heterocycles. The Morgan fingerprint density at radius 2 is 1.85 bits per heavy atom. The second-order valence-corrected chi connectivity index (χ2v) is 6.82. The zero-order chi connectivity index (χ0) is 18.5. The van der Waals surface area contributed by atoms with Gasteiger partial charge in [0.2, 0.25) is 6.79 Å². The summed E-state index contributed by atoms with van der Waals surface area (Å²) in [6.07, 6.45) is 0. The quantitative estimate of drug-likeness (QED) is 0.728. The molecule has 0 aromatic heterocycles. The van der Waals surface area contributed by atoms with Gasteiger partial charge < -0.3 is 24.6 Å². The van der Waals surface area contributed by atoms with Crippen molar-refractivity contribution in [2.24, 2.45) is 0 Å². The van der Waals surface area contributed by atoms with E-state index in [0.717, 1.165) is 36.7 Å². The number of benzene rings is 1. The van der Waals surface area contributed by atoms with E-state index >= 15 is 0 Å². The molecule has 0 bridgehead atoms. The van der Waals surface area contributed by atoms with Crippen LogP contribution in [0.5, 0.6) is 11.5 Å². The van der Waals surface area contributed by atoms with Crippen LogP contribution in [-0.4, -0.2) is 86.7 Å². The SMILES string of the molecule is CN(C)CCNC(=O)C(=O)N1CCN(Cc2ccc3c(c2)OCO3)CC1. The van der Waals surface area contributed by atoms with Crippen LogP contribution in [0.2, 0.25) is 0 Å². The predicted octanol–water partition coefficient (Wildman–Crippen LogP) is -0.263. The molecule has 0 radical (unpaired) electrons. The van der Waals surface area contributed by atoms with E-state index < -0.39 is 11.8 Å². The van der Waals surface area contributed by atoms with Crippen molar-refractivity contribution in [3.05, 3.63) is 23.8 Å². The van der Waals surface area contributed by atoms with Crippen molar-refractivity contribution in [1.29, 1.82) is 0 Å². The molecule has 2 aliphatic rings. The summed E-state index contributed by atoms with van der Waals surface area (Å²) < 4.78 is 10.7. The smallest absolute Gasteiger partial charge is 0.311 e. The molecule has 2 aliphatic heterocycles. The number of likely N-dealkylation sites (N-methyl/N-ethyl adjacent to an activating group) is 1. The van der Waals surface area contributed by atoms with Crippen LogP contribution in [0.3, 0.4) is 0 Å². The molecule has 0 spiro atoms. The van der Waals surface area contributed by atoms with Gasteiger partial charge in [0.05, 0.1) is 0 Å². The second-order valence-electron chi connectivity index (χ2n) is 6.82. The van der Waals surface area contributed by atoms with Gasteiger partial charge in [-0.3, -0.25) is 14.5 Å². The number of carbonyl (C=O) groups excluding carboxylic acids is 2. The molecule has 1 N–H and O–H groups in total. The molecule has 1 aromatic carbocycles. The Kier molecular flexibility index (Phi) is 5.95. The number of hydrogen-bond donors (Lipinski definition) is 1. The molecule has 0 unspecified atom stereocenters. The van der Waals surface area contributed by atoms with Crippen LogP contribution in [0.15, 0.2) is 18.2 Å². The molecule has 2 amide bonds. The zero-order valence-electron chi connectivity index (χ0n) is 15.4. The highest BCUT2D eigenvalue weighted by Gasteiger charge is 2.26. The van der Waals surface area contributed by atoms with Crippen LogP contribution < -0.4 is 14.8 Å². The summed E-state index contributed by atoms with van der Waals surface area (Å²) in [7, 11) is 3.85. The van der Waals surface area contributed by atoms with E-state index in [2.05, 4.69) is 10.2 Å². The van der Waals surface area contributed by atoms with Gasteiger partial charge in [0.15, 0.2) is 11.5 Å². The summed E-state index contributed by atoms with van der Waals surface area (Å²) in [5, 5.41) is 2.67. The third kappa shape index (κ3) is 4.64. The number of hydrogen-bond acceptors (Lipinski definition) is 6. The van der Waals surface area contributed by atoms with E-state index in [-0.39, 0.29) is 6.79 Å². The topological polar surface area (TPSA) is 74.4 Å². The molecule has 1 aromatic rings. The van der Waals surface area contributed by atoms with Crippen molar-refractivity contribution in [3.8, 4) is 11.5 Å². The predicted molar refractivity (Wildman–Crippen MR) is 96.0 cm³/mol. The number of piperazine rings is 1. The van der Waals surface area contributed by atoms with Gasteiger partial charge in [-0.1, -0.05) is 6.07 Å². The number of amides is 2. The molecule has 0 saturated carbocycles. The number of fused-ring (bicyclic) bond motifs is 1. The van der Waals surface area contributed by atoms with Crippen LogP contribution in [0.25, 0.3) is 0 Å². The van der Waals surface area contributed by atoms with Crippen molar-refractivity contribution in [2.75, 3.05) is 60.2 Å². The fourth-order valence-electron chi connectivity index (χ4n) is 3.02. The van der Waals surface area contributed by atoms with Gasteiger partial charge >= 0.3 is 11.8 Å². The first-order chi connectivity index (χ1) is 12.5. The molecular formula is C18H26N4O4. The van der Waals surface area contributed by atoms with Gasteiger partial charge in [-0.25, -0.2) is 0 Å². The summed E-state index contributed by atoms with van der Waals surface area (Å²) in [5.41, 5.74) is 1.15. The number of ether oxygens (including phenoxy) is 2. The van der Waals surface area contributed by atoms with Gasteiger partial charge in [-0.05, 0) is 31.8 Å². The Morgan fingerprint density at radius 1 is 1.12 bits per heavy atom. The van der Waals surface area contributed by atoms with Crippen molar-refractivity contribution >= 4 is 11.8 Å². The lowest BCUT2D eigenvalue weighted by atomic mass is 10.1. The largest absolute Gasteiger partial charge is 0.454 e.